The van der Waals surface area contributed by atoms with Crippen molar-refractivity contribution in [2.45, 2.75) is 0 Å². The molecule has 0 atom stereocenters. The van der Waals surface area contributed by atoms with Crippen LogP contribution >= 0.6 is 11.3 Å². The topological polar surface area (TPSA) is 12.9 Å². The smallest absolute Gasteiger partial charge is 0.0702 e. The van der Waals surface area contributed by atoms with Crippen LogP contribution in [-0.2, 0) is 0 Å². The van der Waals surface area contributed by atoms with Crippen LogP contribution in [-0.4, -0.2) is 4.98 Å². The molecule has 0 N–H and O–H groups in total. The lowest BCUT2D eigenvalue weighted by Crippen LogP contribution is -1.82. The fourth-order valence-electron chi connectivity index (χ4n) is 1.81. The third-order valence-corrected chi connectivity index (χ3v) is 3.55. The fourth-order valence-corrected chi connectivity index (χ4v) is 2.53. The minimum Gasteiger partial charge on any atom is -0.256 e. The molecule has 0 saturated carbocycles. The van der Waals surface area contributed by atoms with Crippen molar-refractivity contribution in [3.63, 3.8) is 0 Å². The molecule has 0 aliphatic carbocycles. The van der Waals surface area contributed by atoms with Gasteiger partial charge in [0.25, 0.3) is 0 Å². The summed E-state index contributed by atoms with van der Waals surface area (Å²) in [7, 11) is 0. The minimum absolute atomic E-state index is 1.02. The first-order valence-electron chi connectivity index (χ1n) is 5.49. The summed E-state index contributed by atoms with van der Waals surface area (Å²) >= 11 is 1.76. The van der Waals surface area contributed by atoms with Gasteiger partial charge in [-0.15, -0.1) is 11.3 Å². The molecule has 0 fully saturated rings. The van der Waals surface area contributed by atoms with Gasteiger partial charge >= 0.3 is 0 Å². The van der Waals surface area contributed by atoms with E-state index in [0.29, 0.717) is 0 Å². The summed E-state index contributed by atoms with van der Waals surface area (Å²) in [4.78, 5) is 5.67. The van der Waals surface area contributed by atoms with Gasteiger partial charge in [0.15, 0.2) is 0 Å². The maximum atomic E-state index is 4.37. The Kier molecular flexibility index (Phi) is 2.72. The van der Waals surface area contributed by atoms with Crippen LogP contribution in [0, 0.1) is 0 Å². The summed E-state index contributed by atoms with van der Waals surface area (Å²) < 4.78 is 0. The van der Waals surface area contributed by atoms with Gasteiger partial charge in [0.2, 0.25) is 0 Å². The second kappa shape index (κ2) is 4.52. The van der Waals surface area contributed by atoms with Crippen molar-refractivity contribution in [1.29, 1.82) is 0 Å². The highest BCUT2D eigenvalue weighted by molar-refractivity contribution is 7.13. The molecule has 0 aliphatic rings. The fraction of sp³-hybridized carbons (Fsp3) is 0. The third kappa shape index (κ3) is 2.12. The second-order valence-corrected chi connectivity index (χ2v) is 4.72. The van der Waals surface area contributed by atoms with Gasteiger partial charge in [0, 0.05) is 16.6 Å². The zero-order valence-corrected chi connectivity index (χ0v) is 10.0. The molecule has 2 heterocycles. The number of benzene rings is 1. The Balaban J connectivity index is 2.06. The van der Waals surface area contributed by atoms with Crippen LogP contribution < -0.4 is 0 Å². The van der Waals surface area contributed by atoms with E-state index in [9.17, 15) is 0 Å². The highest BCUT2D eigenvalue weighted by atomic mass is 32.1. The van der Waals surface area contributed by atoms with Gasteiger partial charge < -0.3 is 0 Å². The SMILES string of the molecule is c1ccc(-c2cccc(-c3cccs3)c2)nc1. The van der Waals surface area contributed by atoms with E-state index in [0.717, 1.165) is 11.3 Å². The lowest BCUT2D eigenvalue weighted by molar-refractivity contribution is 1.33. The van der Waals surface area contributed by atoms with E-state index in [4.69, 9.17) is 0 Å². The summed E-state index contributed by atoms with van der Waals surface area (Å²) in [6, 6.07) is 18.7. The van der Waals surface area contributed by atoms with Crippen LogP contribution in [0.1, 0.15) is 0 Å². The maximum Gasteiger partial charge on any atom is 0.0702 e. The Bertz CT molecular complexity index is 600. The van der Waals surface area contributed by atoms with E-state index in [1.54, 1.807) is 11.3 Å². The van der Waals surface area contributed by atoms with Crippen molar-refractivity contribution in [2.75, 3.05) is 0 Å². The van der Waals surface area contributed by atoms with Gasteiger partial charge in [0.1, 0.15) is 0 Å². The Labute approximate surface area is 104 Å². The first-order chi connectivity index (χ1) is 8.43. The van der Waals surface area contributed by atoms with Crippen molar-refractivity contribution in [1.82, 2.24) is 4.98 Å². The number of rotatable bonds is 2. The van der Waals surface area contributed by atoms with E-state index < -0.39 is 0 Å². The molecule has 0 aliphatic heterocycles. The number of hydrogen-bond donors (Lipinski definition) is 0. The highest BCUT2D eigenvalue weighted by Crippen LogP contribution is 2.28. The summed E-state index contributed by atoms with van der Waals surface area (Å²) in [5.41, 5.74) is 3.44. The average Bonchev–Trinajstić information content (AvgIpc) is 2.94. The second-order valence-electron chi connectivity index (χ2n) is 3.77. The standard InChI is InChI=1S/C15H11NS/c1-2-9-16-14(7-1)12-5-3-6-13(11-12)15-8-4-10-17-15/h1-11H. The summed E-state index contributed by atoms with van der Waals surface area (Å²) in [6.07, 6.45) is 1.83. The molecule has 3 aromatic rings. The predicted octanol–water partition coefficient (Wildman–Crippen LogP) is 4.48. The van der Waals surface area contributed by atoms with Crippen LogP contribution in [0.25, 0.3) is 21.7 Å². The minimum atomic E-state index is 1.02. The molecular weight excluding hydrogens is 226 g/mol. The summed E-state index contributed by atoms with van der Waals surface area (Å²) in [5, 5.41) is 2.10. The normalized spacial score (nSPS) is 10.4. The molecule has 17 heavy (non-hydrogen) atoms. The Morgan fingerprint density at radius 2 is 1.76 bits per heavy atom. The van der Waals surface area contributed by atoms with Gasteiger partial charge in [-0.05, 0) is 35.2 Å². The summed E-state index contributed by atoms with van der Waals surface area (Å²) in [5.74, 6) is 0. The van der Waals surface area contributed by atoms with E-state index in [2.05, 4.69) is 46.8 Å². The molecular formula is C15H11NS. The monoisotopic (exact) mass is 237 g/mol. The van der Waals surface area contributed by atoms with E-state index in [-0.39, 0.29) is 0 Å². The zero-order valence-electron chi connectivity index (χ0n) is 9.21. The van der Waals surface area contributed by atoms with Gasteiger partial charge in [-0.25, -0.2) is 0 Å². The molecule has 0 bridgehead atoms. The van der Waals surface area contributed by atoms with Crippen LogP contribution in [0.5, 0.6) is 0 Å². The number of thiophene rings is 1. The molecule has 2 aromatic heterocycles. The van der Waals surface area contributed by atoms with Crippen LogP contribution in [0.4, 0.5) is 0 Å². The van der Waals surface area contributed by atoms with Crippen LogP contribution in [0.15, 0.2) is 66.2 Å². The molecule has 2 heteroatoms. The molecule has 0 amide bonds. The molecule has 1 aromatic carbocycles. The maximum absolute atomic E-state index is 4.37. The Morgan fingerprint density at radius 1 is 0.824 bits per heavy atom. The predicted molar refractivity (Wildman–Crippen MR) is 73.0 cm³/mol. The summed E-state index contributed by atoms with van der Waals surface area (Å²) in [6.45, 7) is 0. The van der Waals surface area contributed by atoms with Gasteiger partial charge in [-0.2, -0.15) is 0 Å². The van der Waals surface area contributed by atoms with Crippen molar-refractivity contribution in [3.8, 4) is 21.7 Å². The molecule has 0 unspecified atom stereocenters. The molecule has 3 rings (SSSR count). The van der Waals surface area contributed by atoms with Crippen molar-refractivity contribution in [3.05, 3.63) is 66.2 Å². The number of aromatic nitrogens is 1. The molecule has 0 radical (unpaired) electrons. The van der Waals surface area contributed by atoms with Gasteiger partial charge in [0.05, 0.1) is 5.69 Å². The number of nitrogens with zero attached hydrogens (tertiary/aromatic N) is 1. The Hall–Kier alpha value is -1.93. The first-order valence-corrected chi connectivity index (χ1v) is 6.37. The van der Waals surface area contributed by atoms with Crippen molar-refractivity contribution >= 4 is 11.3 Å². The van der Waals surface area contributed by atoms with Crippen LogP contribution in [0.2, 0.25) is 0 Å². The van der Waals surface area contributed by atoms with Crippen molar-refractivity contribution < 1.29 is 0 Å². The van der Waals surface area contributed by atoms with E-state index in [1.165, 1.54) is 10.4 Å². The van der Waals surface area contributed by atoms with Gasteiger partial charge in [-0.1, -0.05) is 30.3 Å². The molecule has 0 spiro atoms. The number of hydrogen-bond acceptors (Lipinski definition) is 2. The first kappa shape index (κ1) is 10.2. The largest absolute Gasteiger partial charge is 0.256 e. The Morgan fingerprint density at radius 3 is 2.53 bits per heavy atom. The van der Waals surface area contributed by atoms with Crippen LogP contribution in [0.3, 0.4) is 0 Å². The lowest BCUT2D eigenvalue weighted by atomic mass is 10.1. The quantitative estimate of drug-likeness (QED) is 0.640. The third-order valence-electron chi connectivity index (χ3n) is 2.63. The van der Waals surface area contributed by atoms with Crippen molar-refractivity contribution in [2.24, 2.45) is 0 Å². The zero-order chi connectivity index (χ0) is 11.5. The molecule has 1 nitrogen and oxygen atoms in total. The highest BCUT2D eigenvalue weighted by Gasteiger charge is 2.02. The molecule has 0 saturated heterocycles. The number of pyridine rings is 1. The van der Waals surface area contributed by atoms with Gasteiger partial charge in [-0.3, -0.25) is 4.98 Å². The molecule has 82 valence electrons. The average molecular weight is 237 g/mol. The van der Waals surface area contributed by atoms with E-state index >= 15 is 0 Å². The van der Waals surface area contributed by atoms with E-state index in [1.807, 2.05) is 24.4 Å². The lowest BCUT2D eigenvalue weighted by Gasteiger charge is -2.03.